The summed E-state index contributed by atoms with van der Waals surface area (Å²) in [5, 5.41) is 5.81. The maximum absolute atomic E-state index is 6.44. The van der Waals surface area contributed by atoms with Gasteiger partial charge in [-0.15, -0.1) is 11.3 Å². The van der Waals surface area contributed by atoms with Crippen molar-refractivity contribution in [1.82, 2.24) is 14.7 Å². The molecule has 0 bridgehead atoms. The van der Waals surface area contributed by atoms with Crippen LogP contribution < -0.4 is 10.1 Å². The fraction of sp³-hybridized carbons (Fsp3) is 0.421. The first-order valence-corrected chi connectivity index (χ1v) is 9.62. The van der Waals surface area contributed by atoms with E-state index in [0.717, 1.165) is 29.4 Å². The van der Waals surface area contributed by atoms with Gasteiger partial charge in [-0.25, -0.2) is 4.98 Å². The van der Waals surface area contributed by atoms with Gasteiger partial charge in [-0.1, -0.05) is 18.2 Å². The summed E-state index contributed by atoms with van der Waals surface area (Å²) in [6, 6.07) is 8.84. The Kier molecular flexibility index (Phi) is 3.38. The number of aromatic nitrogens is 2. The third kappa shape index (κ3) is 2.43. The van der Waals surface area contributed by atoms with Crippen LogP contribution in [0.25, 0.3) is 4.96 Å². The Morgan fingerprint density at radius 2 is 2.17 bits per heavy atom. The number of rotatable bonds is 3. The number of imidazole rings is 1. The number of ether oxygens (including phenoxy) is 1. The van der Waals surface area contributed by atoms with Crippen molar-refractivity contribution in [2.75, 3.05) is 0 Å². The molecule has 1 fully saturated rings. The molecule has 0 amide bonds. The van der Waals surface area contributed by atoms with Crippen LogP contribution in [-0.2, 0) is 6.54 Å². The molecular weight excluding hydrogens is 318 g/mol. The average molecular weight is 339 g/mol. The van der Waals surface area contributed by atoms with Crippen LogP contribution in [-0.4, -0.2) is 15.0 Å². The maximum atomic E-state index is 6.44. The molecule has 24 heavy (non-hydrogen) atoms. The van der Waals surface area contributed by atoms with E-state index in [1.807, 2.05) is 0 Å². The van der Waals surface area contributed by atoms with E-state index >= 15 is 0 Å². The van der Waals surface area contributed by atoms with Crippen LogP contribution in [0.1, 0.15) is 49.4 Å². The standard InChI is InChI=1S/C19H21N3OS/c1-2-6-17-15(5-1)16(11-19(23-17)7-3-4-8-19)20-12-14-13-22-9-10-24-18(22)21-14/h1-2,5-6,9-10,13,16,20H,3-4,7-8,11-12H2/t16-/m0/s1. The van der Waals surface area contributed by atoms with Crippen molar-refractivity contribution in [3.05, 3.63) is 53.3 Å². The van der Waals surface area contributed by atoms with Crippen LogP contribution in [0.4, 0.5) is 0 Å². The van der Waals surface area contributed by atoms with Crippen LogP contribution >= 0.6 is 11.3 Å². The highest BCUT2D eigenvalue weighted by Gasteiger charge is 2.42. The summed E-state index contributed by atoms with van der Waals surface area (Å²) in [6.07, 6.45) is 10.2. The zero-order valence-electron chi connectivity index (χ0n) is 13.6. The molecule has 5 heteroatoms. The van der Waals surface area contributed by atoms with E-state index in [9.17, 15) is 0 Å². The first-order valence-electron chi connectivity index (χ1n) is 8.74. The highest BCUT2D eigenvalue weighted by Crippen LogP contribution is 2.47. The molecule has 1 atom stereocenters. The van der Waals surface area contributed by atoms with Gasteiger partial charge in [-0.3, -0.25) is 4.40 Å². The van der Waals surface area contributed by atoms with Crippen LogP contribution in [0.5, 0.6) is 5.75 Å². The summed E-state index contributed by atoms with van der Waals surface area (Å²) in [6.45, 7) is 0.795. The van der Waals surface area contributed by atoms with Gasteiger partial charge in [0.25, 0.3) is 0 Å². The van der Waals surface area contributed by atoms with Crippen molar-refractivity contribution < 1.29 is 4.74 Å². The molecule has 1 spiro atoms. The number of hydrogen-bond donors (Lipinski definition) is 1. The van der Waals surface area contributed by atoms with E-state index < -0.39 is 0 Å². The molecule has 0 unspecified atom stereocenters. The molecule has 0 saturated heterocycles. The number of thiazole rings is 1. The molecule has 0 radical (unpaired) electrons. The lowest BCUT2D eigenvalue weighted by atomic mass is 9.86. The van der Waals surface area contributed by atoms with Gasteiger partial charge >= 0.3 is 0 Å². The Hall–Kier alpha value is -1.85. The lowest BCUT2D eigenvalue weighted by Crippen LogP contribution is -2.42. The van der Waals surface area contributed by atoms with Crippen molar-refractivity contribution in [3.8, 4) is 5.75 Å². The lowest BCUT2D eigenvalue weighted by molar-refractivity contribution is 0.0364. The van der Waals surface area contributed by atoms with Gasteiger partial charge in [0.15, 0.2) is 4.96 Å². The molecule has 2 aliphatic rings. The normalized spacial score (nSPS) is 21.9. The van der Waals surface area contributed by atoms with E-state index in [1.165, 1.54) is 31.2 Å². The highest BCUT2D eigenvalue weighted by atomic mass is 32.1. The highest BCUT2D eigenvalue weighted by molar-refractivity contribution is 7.15. The predicted molar refractivity (Wildman–Crippen MR) is 95.5 cm³/mol. The summed E-state index contributed by atoms with van der Waals surface area (Å²) >= 11 is 1.68. The third-order valence-electron chi connectivity index (χ3n) is 5.38. The fourth-order valence-corrected chi connectivity index (χ4v) is 4.93. The summed E-state index contributed by atoms with van der Waals surface area (Å²) in [4.78, 5) is 5.75. The first kappa shape index (κ1) is 14.5. The van der Waals surface area contributed by atoms with Crippen molar-refractivity contribution in [2.24, 2.45) is 0 Å². The Labute approximate surface area is 145 Å². The van der Waals surface area contributed by atoms with Gasteiger partial charge < -0.3 is 10.1 Å². The zero-order valence-corrected chi connectivity index (χ0v) is 14.4. The molecule has 1 N–H and O–H groups in total. The quantitative estimate of drug-likeness (QED) is 0.772. The predicted octanol–water partition coefficient (Wildman–Crippen LogP) is 4.32. The molecule has 5 rings (SSSR count). The molecule has 2 aromatic heterocycles. The van der Waals surface area contributed by atoms with Gasteiger partial charge in [0.2, 0.25) is 0 Å². The summed E-state index contributed by atoms with van der Waals surface area (Å²) < 4.78 is 8.54. The van der Waals surface area contributed by atoms with E-state index in [2.05, 4.69) is 56.7 Å². The number of hydrogen-bond acceptors (Lipinski definition) is 4. The van der Waals surface area contributed by atoms with Gasteiger partial charge in [-0.05, 0) is 31.7 Å². The second-order valence-corrected chi connectivity index (χ2v) is 7.87. The van der Waals surface area contributed by atoms with Crippen LogP contribution in [0.3, 0.4) is 0 Å². The second-order valence-electron chi connectivity index (χ2n) is 6.99. The molecular formula is C19H21N3OS. The lowest BCUT2D eigenvalue weighted by Gasteiger charge is -2.40. The molecule has 124 valence electrons. The van der Waals surface area contributed by atoms with E-state index in [0.29, 0.717) is 6.04 Å². The number of fused-ring (bicyclic) bond motifs is 2. The van der Waals surface area contributed by atoms with E-state index in [4.69, 9.17) is 4.74 Å². The van der Waals surface area contributed by atoms with Crippen LogP contribution in [0.15, 0.2) is 42.0 Å². The van der Waals surface area contributed by atoms with Crippen molar-refractivity contribution in [1.29, 1.82) is 0 Å². The maximum Gasteiger partial charge on any atom is 0.193 e. The summed E-state index contributed by atoms with van der Waals surface area (Å²) in [7, 11) is 0. The number of nitrogens with zero attached hydrogens (tertiary/aromatic N) is 2. The fourth-order valence-electron chi connectivity index (χ4n) is 4.21. The molecule has 1 aliphatic heterocycles. The summed E-state index contributed by atoms with van der Waals surface area (Å²) in [5.74, 6) is 1.06. The van der Waals surface area contributed by atoms with E-state index in [-0.39, 0.29) is 5.60 Å². The SMILES string of the molecule is c1ccc2c(c1)OC1(CCCC1)C[C@@H]2NCc1cn2ccsc2n1. The molecule has 4 nitrogen and oxygen atoms in total. The van der Waals surface area contributed by atoms with Crippen LogP contribution in [0.2, 0.25) is 0 Å². The van der Waals surface area contributed by atoms with Gasteiger partial charge in [-0.2, -0.15) is 0 Å². The van der Waals surface area contributed by atoms with Gasteiger partial charge in [0.05, 0.1) is 5.69 Å². The first-order chi connectivity index (χ1) is 11.8. The Morgan fingerprint density at radius 3 is 3.04 bits per heavy atom. The number of benzene rings is 1. The Morgan fingerprint density at radius 1 is 1.29 bits per heavy atom. The minimum atomic E-state index is 0.0422. The smallest absolute Gasteiger partial charge is 0.193 e. The number of para-hydroxylation sites is 1. The zero-order chi connectivity index (χ0) is 16.0. The topological polar surface area (TPSA) is 38.6 Å². The third-order valence-corrected chi connectivity index (χ3v) is 6.16. The minimum absolute atomic E-state index is 0.0422. The monoisotopic (exact) mass is 339 g/mol. The van der Waals surface area contributed by atoms with E-state index in [1.54, 1.807) is 11.3 Å². The molecule has 1 saturated carbocycles. The molecule has 1 aromatic carbocycles. The molecule has 3 aromatic rings. The largest absolute Gasteiger partial charge is 0.487 e. The average Bonchev–Trinajstić information content (AvgIpc) is 3.29. The summed E-state index contributed by atoms with van der Waals surface area (Å²) in [5.41, 5.74) is 2.43. The second kappa shape index (κ2) is 5.60. The van der Waals surface area contributed by atoms with Crippen molar-refractivity contribution in [2.45, 2.75) is 50.3 Å². The number of nitrogens with one attached hydrogen (secondary N) is 1. The van der Waals surface area contributed by atoms with Gasteiger partial charge in [0.1, 0.15) is 11.4 Å². The molecule has 3 heterocycles. The van der Waals surface area contributed by atoms with Crippen molar-refractivity contribution >= 4 is 16.3 Å². The van der Waals surface area contributed by atoms with Crippen LogP contribution in [0, 0.1) is 0 Å². The Bertz CT molecular complexity index is 834. The van der Waals surface area contributed by atoms with Crippen molar-refractivity contribution in [3.63, 3.8) is 0 Å². The Balaban J connectivity index is 1.40. The molecule has 1 aliphatic carbocycles. The minimum Gasteiger partial charge on any atom is -0.487 e. The van der Waals surface area contributed by atoms with Gasteiger partial charge in [0, 0.05) is 42.3 Å².